The van der Waals surface area contributed by atoms with Crippen molar-refractivity contribution in [2.24, 2.45) is 47.3 Å². The Balaban J connectivity index is 1.59. The lowest BCUT2D eigenvalue weighted by Gasteiger charge is -2.48. The Bertz CT molecular complexity index is 377. The van der Waals surface area contributed by atoms with Crippen molar-refractivity contribution in [2.45, 2.75) is 19.3 Å². The summed E-state index contributed by atoms with van der Waals surface area (Å²) in [5, 5.41) is 0. The molecule has 4 saturated carbocycles. The Morgan fingerprint density at radius 2 is 1.33 bits per heavy atom. The Labute approximate surface area is 91.4 Å². The number of allylic oxidation sites excluding steroid dienone is 4. The van der Waals surface area contributed by atoms with Crippen LogP contribution in [0.5, 0.6) is 0 Å². The van der Waals surface area contributed by atoms with Gasteiger partial charge in [0.25, 0.3) is 0 Å². The molecule has 0 aromatic rings. The van der Waals surface area contributed by atoms with Crippen molar-refractivity contribution in [3.63, 3.8) is 0 Å². The third-order valence-corrected chi connectivity index (χ3v) is 6.34. The molecule has 5 aliphatic rings. The molecule has 0 spiro atoms. The van der Waals surface area contributed by atoms with Crippen LogP contribution >= 0.6 is 0 Å². The van der Waals surface area contributed by atoms with Crippen LogP contribution in [0, 0.1) is 47.3 Å². The summed E-state index contributed by atoms with van der Waals surface area (Å²) in [6.07, 6.45) is 14.4. The molecule has 0 N–H and O–H groups in total. The van der Waals surface area contributed by atoms with Gasteiger partial charge in [0.05, 0.1) is 0 Å². The third-order valence-electron chi connectivity index (χ3n) is 6.34. The van der Waals surface area contributed by atoms with E-state index in [1.807, 2.05) is 0 Å². The van der Waals surface area contributed by atoms with Crippen LogP contribution in [0.15, 0.2) is 24.3 Å². The van der Waals surface area contributed by atoms with Crippen molar-refractivity contribution in [2.75, 3.05) is 0 Å². The molecule has 0 amide bonds. The van der Waals surface area contributed by atoms with Crippen molar-refractivity contribution >= 4 is 0 Å². The van der Waals surface area contributed by atoms with Gasteiger partial charge in [0.1, 0.15) is 0 Å². The van der Waals surface area contributed by atoms with Crippen molar-refractivity contribution in [1.29, 1.82) is 0 Å². The zero-order chi connectivity index (χ0) is 9.57. The second-order valence-corrected chi connectivity index (χ2v) is 6.62. The molecule has 0 aromatic heterocycles. The Hall–Kier alpha value is -0.520. The standard InChI is InChI=1S/C15H18/c1-2-4-10-9(3-1)12-6-8-5-11(8)14-7-13(10)15(12)14/h1-4,8-15H,5-7H2/t8?,9-,10-,11?,12-,13+,14+,15+/m1/s1. The van der Waals surface area contributed by atoms with Crippen molar-refractivity contribution in [3.05, 3.63) is 24.3 Å². The minimum absolute atomic E-state index is 0.941. The van der Waals surface area contributed by atoms with E-state index in [1.165, 1.54) is 11.8 Å². The largest absolute Gasteiger partial charge is 0.0805 e. The second-order valence-electron chi connectivity index (χ2n) is 6.62. The zero-order valence-electron chi connectivity index (χ0n) is 9.05. The van der Waals surface area contributed by atoms with Crippen LogP contribution in [0.1, 0.15) is 19.3 Å². The maximum absolute atomic E-state index is 2.54. The number of fused-ring (bicyclic) bond motifs is 5. The van der Waals surface area contributed by atoms with Gasteiger partial charge in [-0.15, -0.1) is 0 Å². The quantitative estimate of drug-likeness (QED) is 0.560. The fourth-order valence-corrected chi connectivity index (χ4v) is 5.74. The average Bonchev–Trinajstić information content (AvgIpc) is 2.90. The molecular weight excluding hydrogens is 180 g/mol. The lowest BCUT2D eigenvalue weighted by molar-refractivity contribution is 0.00852. The summed E-state index contributed by atoms with van der Waals surface area (Å²) in [6.45, 7) is 0. The molecule has 5 rings (SSSR count). The summed E-state index contributed by atoms with van der Waals surface area (Å²) < 4.78 is 0. The monoisotopic (exact) mass is 198 g/mol. The van der Waals surface area contributed by atoms with Gasteiger partial charge in [-0.1, -0.05) is 24.3 Å². The van der Waals surface area contributed by atoms with E-state index >= 15 is 0 Å². The van der Waals surface area contributed by atoms with Crippen molar-refractivity contribution in [1.82, 2.24) is 0 Å². The molecule has 0 radical (unpaired) electrons. The molecule has 4 fully saturated rings. The molecule has 0 heteroatoms. The predicted molar refractivity (Wildman–Crippen MR) is 60.1 cm³/mol. The summed E-state index contributed by atoms with van der Waals surface area (Å²) in [5.41, 5.74) is 0. The highest BCUT2D eigenvalue weighted by atomic mass is 14.7. The second kappa shape index (κ2) is 2.26. The van der Waals surface area contributed by atoms with Gasteiger partial charge in [-0.3, -0.25) is 0 Å². The zero-order valence-corrected chi connectivity index (χ0v) is 9.05. The van der Waals surface area contributed by atoms with Crippen LogP contribution < -0.4 is 0 Å². The Morgan fingerprint density at radius 1 is 0.667 bits per heavy atom. The molecule has 0 nitrogen and oxygen atoms in total. The minimum Gasteiger partial charge on any atom is -0.0805 e. The molecule has 0 aliphatic heterocycles. The van der Waals surface area contributed by atoms with E-state index in [4.69, 9.17) is 0 Å². The Morgan fingerprint density at radius 3 is 2.13 bits per heavy atom. The smallest absolute Gasteiger partial charge is 0.0133 e. The van der Waals surface area contributed by atoms with Crippen LogP contribution in [0.2, 0.25) is 0 Å². The highest BCUT2D eigenvalue weighted by molar-refractivity contribution is 5.26. The highest BCUT2D eigenvalue weighted by Gasteiger charge is 2.66. The topological polar surface area (TPSA) is 0 Å². The summed E-state index contributed by atoms with van der Waals surface area (Å²) in [5.74, 6) is 8.74. The summed E-state index contributed by atoms with van der Waals surface area (Å²) in [6, 6.07) is 0. The van der Waals surface area contributed by atoms with Gasteiger partial charge in [0.15, 0.2) is 0 Å². The van der Waals surface area contributed by atoms with Crippen molar-refractivity contribution in [3.8, 4) is 0 Å². The molecule has 78 valence electrons. The number of hydrogen-bond acceptors (Lipinski definition) is 0. The van der Waals surface area contributed by atoms with Gasteiger partial charge in [-0.2, -0.15) is 0 Å². The van der Waals surface area contributed by atoms with E-state index in [0.717, 1.165) is 35.5 Å². The lowest BCUT2D eigenvalue weighted by atomic mass is 9.57. The van der Waals surface area contributed by atoms with E-state index < -0.39 is 0 Å². The summed E-state index contributed by atoms with van der Waals surface area (Å²) in [4.78, 5) is 0. The normalized spacial score (nSPS) is 66.7. The van der Waals surface area contributed by atoms with E-state index in [2.05, 4.69) is 24.3 Å². The van der Waals surface area contributed by atoms with Crippen LogP contribution in [0.3, 0.4) is 0 Å². The molecule has 0 saturated heterocycles. The van der Waals surface area contributed by atoms with Gasteiger partial charge in [0.2, 0.25) is 0 Å². The van der Waals surface area contributed by atoms with E-state index in [0.29, 0.717) is 0 Å². The Kier molecular flexibility index (Phi) is 1.16. The fraction of sp³-hybridized carbons (Fsp3) is 0.733. The number of rotatable bonds is 0. The van der Waals surface area contributed by atoms with Gasteiger partial charge >= 0.3 is 0 Å². The molecule has 0 heterocycles. The molecule has 5 aliphatic carbocycles. The fourth-order valence-electron chi connectivity index (χ4n) is 5.74. The van der Waals surface area contributed by atoms with Crippen LogP contribution in [0.4, 0.5) is 0 Å². The van der Waals surface area contributed by atoms with Gasteiger partial charge in [-0.05, 0) is 66.6 Å². The molecule has 15 heavy (non-hydrogen) atoms. The summed E-state index contributed by atoms with van der Waals surface area (Å²) in [7, 11) is 0. The maximum atomic E-state index is 2.54. The van der Waals surface area contributed by atoms with E-state index in [-0.39, 0.29) is 0 Å². The van der Waals surface area contributed by atoms with Gasteiger partial charge in [0, 0.05) is 0 Å². The number of hydrogen-bond donors (Lipinski definition) is 0. The molecular formula is C15H18. The van der Waals surface area contributed by atoms with E-state index in [1.54, 1.807) is 19.3 Å². The maximum Gasteiger partial charge on any atom is -0.0133 e. The SMILES string of the molecule is C1=C[C@@H]2[C@@H](C=C1)[C@@H]1C[C@H]3C4CC4C[C@H]2[C@@H]13. The average molecular weight is 198 g/mol. The first-order valence-electron chi connectivity index (χ1n) is 6.78. The molecule has 0 aromatic carbocycles. The highest BCUT2D eigenvalue weighted by Crippen LogP contribution is 2.73. The van der Waals surface area contributed by atoms with Crippen LogP contribution in [-0.4, -0.2) is 0 Å². The van der Waals surface area contributed by atoms with Gasteiger partial charge in [-0.25, -0.2) is 0 Å². The predicted octanol–water partition coefficient (Wildman–Crippen LogP) is 3.27. The molecule has 8 atom stereocenters. The first kappa shape index (κ1) is 7.70. The summed E-state index contributed by atoms with van der Waals surface area (Å²) >= 11 is 0. The first-order valence-corrected chi connectivity index (χ1v) is 6.78. The van der Waals surface area contributed by atoms with Gasteiger partial charge < -0.3 is 0 Å². The van der Waals surface area contributed by atoms with Crippen LogP contribution in [0.25, 0.3) is 0 Å². The lowest BCUT2D eigenvalue weighted by Crippen LogP contribution is -2.42. The van der Waals surface area contributed by atoms with E-state index in [9.17, 15) is 0 Å². The first-order chi connectivity index (χ1) is 7.43. The van der Waals surface area contributed by atoms with Crippen LogP contribution in [-0.2, 0) is 0 Å². The minimum atomic E-state index is 0.941. The van der Waals surface area contributed by atoms with Crippen molar-refractivity contribution < 1.29 is 0 Å². The molecule has 2 unspecified atom stereocenters. The third kappa shape index (κ3) is 0.756. The molecule has 0 bridgehead atoms.